The molecule has 3 atom stereocenters. The van der Waals surface area contributed by atoms with Gasteiger partial charge in [0.1, 0.15) is 0 Å². The minimum absolute atomic E-state index is 0.509. The van der Waals surface area contributed by atoms with E-state index < -0.39 is 15.5 Å². The molecule has 0 aliphatic rings. The molecule has 262 valence electrons. The van der Waals surface area contributed by atoms with Gasteiger partial charge in [0.2, 0.25) is 0 Å². The van der Waals surface area contributed by atoms with Gasteiger partial charge in [-0.05, 0) is 67.3 Å². The Morgan fingerprint density at radius 1 is 0.222 bits per heavy atom. The smallest absolute Gasteiger partial charge is 0.0597 e. The Kier molecular flexibility index (Phi) is 10.3. The summed E-state index contributed by atoms with van der Waals surface area (Å²) >= 11 is 0. The van der Waals surface area contributed by atoms with Gasteiger partial charge in [-0.25, -0.2) is 0 Å². The fraction of sp³-hybridized carbons (Fsp3) is 0.0588. The van der Waals surface area contributed by atoms with Crippen LogP contribution < -0.4 is 0 Å². The van der Waals surface area contributed by atoms with E-state index in [0.717, 1.165) is 0 Å². The highest BCUT2D eigenvalue weighted by molar-refractivity contribution is 7.20. The molecule has 0 aliphatic heterocycles. The summed E-state index contributed by atoms with van der Waals surface area (Å²) in [6.45, 7) is 0. The third-order valence-electron chi connectivity index (χ3n) is 10.9. The van der Waals surface area contributed by atoms with Crippen LogP contribution in [0.1, 0.15) is 50.1 Å². The van der Waals surface area contributed by atoms with Crippen molar-refractivity contribution in [3.8, 4) is 11.1 Å². The molecule has 3 unspecified atom stereocenters. The Morgan fingerprint density at radius 2 is 0.500 bits per heavy atom. The Morgan fingerprint density at radius 3 is 0.852 bits per heavy atom. The molecule has 8 aromatic carbocycles. The summed E-state index contributed by atoms with van der Waals surface area (Å²) in [6.07, 6.45) is 0. The number of benzene rings is 8. The highest BCUT2D eigenvalue weighted by Crippen LogP contribution is 2.54. The van der Waals surface area contributed by atoms with Crippen molar-refractivity contribution in [3.05, 3.63) is 275 Å². The zero-order chi connectivity index (χ0) is 37.0. The highest BCUT2D eigenvalue weighted by Gasteiger charge is 2.39. The van der Waals surface area contributed by atoms with Crippen LogP contribution >= 0.6 is 27.7 Å². The van der Waals surface area contributed by atoms with Crippen molar-refractivity contribution in [1.82, 2.24) is 0 Å². The zero-order valence-corrected chi connectivity index (χ0v) is 33.6. The van der Waals surface area contributed by atoms with Crippen LogP contribution in [0.3, 0.4) is 0 Å². The first-order chi connectivity index (χ1) is 26.4. The lowest BCUT2D eigenvalue weighted by Gasteiger charge is -2.38. The molecule has 8 aromatic rings. The van der Waals surface area contributed by atoms with Gasteiger partial charge in [0.05, 0.1) is 15.5 Å². The molecule has 3 heteroatoms. The fourth-order valence-electron chi connectivity index (χ4n) is 8.08. The average molecular weight is 749 g/mol. The van der Waals surface area contributed by atoms with Crippen molar-refractivity contribution in [2.45, 2.75) is 15.5 Å². The molecule has 0 aliphatic carbocycles. The van der Waals surface area contributed by atoms with Crippen LogP contribution in [0.25, 0.3) is 11.1 Å². The van der Waals surface area contributed by atoms with E-state index in [0.29, 0.717) is 0 Å². The Labute approximate surface area is 327 Å². The summed E-state index contributed by atoms with van der Waals surface area (Å²) in [5.41, 5.74) is 13.3. The van der Waals surface area contributed by atoms with Crippen LogP contribution in [0.2, 0.25) is 0 Å². The minimum atomic E-state index is -0.560. The number of hydrogen-bond donors (Lipinski definition) is 0. The number of hydrogen-bond acceptors (Lipinski definition) is 0. The van der Waals surface area contributed by atoms with Crippen LogP contribution in [0.4, 0.5) is 0 Å². The number of rotatable bonds is 10. The molecule has 0 saturated carbocycles. The molecule has 0 aromatic heterocycles. The maximum Gasteiger partial charge on any atom is 0.0597 e. The summed E-state index contributed by atoms with van der Waals surface area (Å²) in [5, 5.41) is -1.60. The molecule has 0 nitrogen and oxygen atoms in total. The van der Waals surface area contributed by atoms with Crippen LogP contribution in [-0.2, 0) is 15.5 Å². The third-order valence-corrected chi connectivity index (χ3v) is 13.9. The van der Waals surface area contributed by atoms with E-state index in [2.05, 4.69) is 252 Å². The largest absolute Gasteiger partial charge is 0.117 e. The second-order valence-corrected chi connectivity index (χ2v) is 16.5. The maximum atomic E-state index is 3.32. The van der Waals surface area contributed by atoms with E-state index in [-0.39, 0.29) is 0 Å². The van der Waals surface area contributed by atoms with E-state index in [9.17, 15) is 0 Å². The summed E-state index contributed by atoms with van der Waals surface area (Å²) in [6, 6.07) is 81.5. The van der Waals surface area contributed by atoms with Gasteiger partial charge in [0.15, 0.2) is 0 Å². The molecule has 8 rings (SSSR count). The van der Waals surface area contributed by atoms with Gasteiger partial charge in [-0.15, -0.1) is 27.7 Å². The first-order valence-corrected chi connectivity index (χ1v) is 20.1. The van der Waals surface area contributed by atoms with Crippen molar-refractivity contribution in [2.75, 3.05) is 0 Å². The lowest BCUT2D eigenvalue weighted by molar-refractivity contribution is 0.870. The quantitative estimate of drug-likeness (QED) is 0.0965. The van der Waals surface area contributed by atoms with Gasteiger partial charge in [-0.3, -0.25) is 0 Å². The topological polar surface area (TPSA) is 0 Å². The van der Waals surface area contributed by atoms with Gasteiger partial charge in [0.25, 0.3) is 0 Å². The fourth-order valence-corrected chi connectivity index (χ4v) is 9.92. The molecule has 0 saturated heterocycles. The molecular formula is C51H43P3. The van der Waals surface area contributed by atoms with Crippen molar-refractivity contribution in [3.63, 3.8) is 0 Å². The van der Waals surface area contributed by atoms with Gasteiger partial charge in [-0.2, -0.15) is 0 Å². The normalized spacial score (nSPS) is 12.0. The zero-order valence-electron chi connectivity index (χ0n) is 30.1. The van der Waals surface area contributed by atoms with Crippen LogP contribution in [0.5, 0.6) is 0 Å². The second kappa shape index (κ2) is 15.4. The van der Waals surface area contributed by atoms with Gasteiger partial charge in [-0.1, -0.05) is 218 Å². The Balaban J connectivity index is 1.49. The lowest BCUT2D eigenvalue weighted by atomic mass is 9.74. The van der Waals surface area contributed by atoms with Crippen molar-refractivity contribution in [2.24, 2.45) is 0 Å². The summed E-state index contributed by atoms with van der Waals surface area (Å²) in [5.74, 6) is 0. The molecule has 0 heterocycles. The molecule has 0 fully saturated rings. The maximum absolute atomic E-state index is 3.32. The van der Waals surface area contributed by atoms with Crippen molar-refractivity contribution in [1.29, 1.82) is 0 Å². The molecule has 0 bridgehead atoms. The van der Waals surface area contributed by atoms with E-state index >= 15 is 0 Å². The third kappa shape index (κ3) is 6.38. The van der Waals surface area contributed by atoms with Crippen LogP contribution in [0.15, 0.2) is 224 Å². The first kappa shape index (κ1) is 36.0. The average Bonchev–Trinajstić information content (AvgIpc) is 3.27. The highest BCUT2D eigenvalue weighted by atomic mass is 31.0. The first-order valence-electron chi connectivity index (χ1n) is 18.4. The standard InChI is InChI=1S/C51H43P3/c52-49(38-21-7-1-8-22-38,39-23-9-2-10-24-39)44-35-36-48(51(54,42-29-15-5-16-30-42)43-31-17-6-18-32-43)46(37-44)45-33-19-20-34-47(45)50(53,40-25-11-3-12-26-40)41-27-13-4-14-28-41/h1-37H,52-54H2. The Hall–Kier alpha value is -4.95. The lowest BCUT2D eigenvalue weighted by Crippen LogP contribution is -2.26. The van der Waals surface area contributed by atoms with Gasteiger partial charge < -0.3 is 0 Å². The van der Waals surface area contributed by atoms with E-state index in [1.807, 2.05) is 0 Å². The van der Waals surface area contributed by atoms with Crippen molar-refractivity contribution < 1.29 is 0 Å². The monoisotopic (exact) mass is 748 g/mol. The van der Waals surface area contributed by atoms with Crippen LogP contribution in [-0.4, -0.2) is 0 Å². The van der Waals surface area contributed by atoms with E-state index in [1.165, 1.54) is 61.2 Å². The SMILES string of the molecule is PC(c1ccccc1)(c1ccccc1)c1ccc(C(P)(c2ccccc2)c2ccccc2)c(-c2ccccc2C(P)(c2ccccc2)c2ccccc2)c1. The summed E-state index contributed by atoms with van der Waals surface area (Å²) < 4.78 is 0. The molecule has 0 radical (unpaired) electrons. The van der Waals surface area contributed by atoms with E-state index in [4.69, 9.17) is 0 Å². The predicted octanol–water partition coefficient (Wildman–Crippen LogP) is 12.9. The second-order valence-electron chi connectivity index (χ2n) is 13.9. The van der Waals surface area contributed by atoms with Gasteiger partial charge in [0, 0.05) is 0 Å². The molecular weight excluding hydrogens is 705 g/mol. The Bertz CT molecular complexity index is 2330. The minimum Gasteiger partial charge on any atom is -0.117 e. The molecule has 54 heavy (non-hydrogen) atoms. The molecule has 0 spiro atoms. The molecule has 0 N–H and O–H groups in total. The van der Waals surface area contributed by atoms with Crippen molar-refractivity contribution >= 4 is 27.7 Å². The molecule has 0 amide bonds. The van der Waals surface area contributed by atoms with Gasteiger partial charge >= 0.3 is 0 Å². The summed E-state index contributed by atoms with van der Waals surface area (Å²) in [4.78, 5) is 0. The van der Waals surface area contributed by atoms with E-state index in [1.54, 1.807) is 0 Å². The predicted molar refractivity (Wildman–Crippen MR) is 239 cm³/mol. The van der Waals surface area contributed by atoms with Crippen LogP contribution in [0, 0.1) is 0 Å². The summed E-state index contributed by atoms with van der Waals surface area (Å²) in [7, 11) is 9.90.